The molecule has 3 aromatic heterocycles. The van der Waals surface area contributed by atoms with Crippen LogP contribution in [0.15, 0.2) is 49.1 Å². The lowest BCUT2D eigenvalue weighted by atomic mass is 10.3. The first-order valence-electron chi connectivity index (χ1n) is 7.67. The molecule has 4 rings (SSSR count). The zero-order valence-electron chi connectivity index (χ0n) is 12.9. The Morgan fingerprint density at radius 3 is 2.91 bits per heavy atom. The highest BCUT2D eigenvalue weighted by Gasteiger charge is 2.09. The monoisotopic (exact) mass is 307 g/mol. The molecule has 23 heavy (non-hydrogen) atoms. The van der Waals surface area contributed by atoms with Gasteiger partial charge in [-0.3, -0.25) is 9.36 Å². The van der Waals surface area contributed by atoms with Crippen molar-refractivity contribution in [2.24, 2.45) is 0 Å². The van der Waals surface area contributed by atoms with Crippen LogP contribution < -0.4 is 0 Å². The Hall–Kier alpha value is -2.96. The smallest absolute Gasteiger partial charge is 0.131 e. The second-order valence-corrected chi connectivity index (χ2v) is 5.33. The average molecular weight is 307 g/mol. The summed E-state index contributed by atoms with van der Waals surface area (Å²) in [6.07, 6.45) is 5.62. The molecule has 3 heterocycles. The SMILES string of the molecule is CCn1nccc1-c1cn(CCn2cnc3ccccc32)nn1. The van der Waals surface area contributed by atoms with Gasteiger partial charge >= 0.3 is 0 Å². The Balaban J connectivity index is 1.52. The maximum atomic E-state index is 4.41. The quantitative estimate of drug-likeness (QED) is 0.567. The summed E-state index contributed by atoms with van der Waals surface area (Å²) < 4.78 is 5.90. The Morgan fingerprint density at radius 2 is 2.00 bits per heavy atom. The minimum absolute atomic E-state index is 0.744. The molecule has 0 saturated heterocycles. The number of nitrogens with zero attached hydrogens (tertiary/aromatic N) is 7. The summed E-state index contributed by atoms with van der Waals surface area (Å²) in [6, 6.07) is 10.1. The molecule has 0 aliphatic rings. The number of rotatable bonds is 5. The lowest BCUT2D eigenvalue weighted by Gasteiger charge is -2.03. The summed E-state index contributed by atoms with van der Waals surface area (Å²) in [5.74, 6) is 0. The maximum Gasteiger partial charge on any atom is 0.131 e. The summed E-state index contributed by atoms with van der Waals surface area (Å²) in [4.78, 5) is 4.41. The van der Waals surface area contributed by atoms with Gasteiger partial charge in [0.05, 0.1) is 35.8 Å². The molecule has 7 nitrogen and oxygen atoms in total. The molecular weight excluding hydrogens is 290 g/mol. The normalized spacial score (nSPS) is 11.3. The Morgan fingerprint density at radius 1 is 1.09 bits per heavy atom. The predicted molar refractivity (Wildman–Crippen MR) is 86.7 cm³/mol. The highest BCUT2D eigenvalue weighted by Crippen LogP contribution is 2.16. The van der Waals surface area contributed by atoms with Gasteiger partial charge in [-0.15, -0.1) is 5.10 Å². The molecule has 0 radical (unpaired) electrons. The molecular formula is C16H17N7. The van der Waals surface area contributed by atoms with Crippen molar-refractivity contribution in [3.63, 3.8) is 0 Å². The van der Waals surface area contributed by atoms with Crippen LogP contribution in [0.5, 0.6) is 0 Å². The molecule has 0 aliphatic carbocycles. The fourth-order valence-electron chi connectivity index (χ4n) is 2.73. The fraction of sp³-hybridized carbons (Fsp3) is 0.250. The summed E-state index contributed by atoms with van der Waals surface area (Å²) in [7, 11) is 0. The van der Waals surface area contributed by atoms with Crippen LogP contribution in [0.1, 0.15) is 6.92 Å². The van der Waals surface area contributed by atoms with E-state index in [1.165, 1.54) is 0 Å². The van der Waals surface area contributed by atoms with E-state index in [-0.39, 0.29) is 0 Å². The van der Waals surface area contributed by atoms with Gasteiger partial charge in [-0.1, -0.05) is 17.3 Å². The van der Waals surface area contributed by atoms with Crippen LogP contribution in [-0.4, -0.2) is 34.3 Å². The predicted octanol–water partition coefficient (Wildman–Crippen LogP) is 2.21. The molecule has 0 unspecified atom stereocenters. The van der Waals surface area contributed by atoms with Crippen LogP contribution in [0.4, 0.5) is 0 Å². The van der Waals surface area contributed by atoms with Crippen LogP contribution in [-0.2, 0) is 19.6 Å². The second-order valence-electron chi connectivity index (χ2n) is 5.33. The summed E-state index contributed by atoms with van der Waals surface area (Å²) in [5.41, 5.74) is 3.99. The maximum absolute atomic E-state index is 4.41. The van der Waals surface area contributed by atoms with E-state index in [0.717, 1.165) is 42.1 Å². The van der Waals surface area contributed by atoms with E-state index in [1.54, 1.807) is 6.20 Å². The summed E-state index contributed by atoms with van der Waals surface area (Å²) in [6.45, 7) is 4.42. The molecule has 4 aromatic rings. The highest BCUT2D eigenvalue weighted by atomic mass is 15.4. The Bertz CT molecular complexity index is 931. The van der Waals surface area contributed by atoms with E-state index < -0.39 is 0 Å². The molecule has 1 aromatic carbocycles. The van der Waals surface area contributed by atoms with Gasteiger partial charge in [-0.05, 0) is 25.1 Å². The van der Waals surface area contributed by atoms with Crippen molar-refractivity contribution in [1.82, 2.24) is 34.3 Å². The highest BCUT2D eigenvalue weighted by molar-refractivity contribution is 5.74. The molecule has 7 heteroatoms. The molecule has 0 fully saturated rings. The molecule has 116 valence electrons. The third kappa shape index (κ3) is 2.50. The fourth-order valence-corrected chi connectivity index (χ4v) is 2.73. The zero-order chi connectivity index (χ0) is 15.6. The number of aryl methyl sites for hydroxylation is 3. The number of hydrogen-bond donors (Lipinski definition) is 0. The lowest BCUT2D eigenvalue weighted by Crippen LogP contribution is -2.07. The van der Waals surface area contributed by atoms with Crippen molar-refractivity contribution in [1.29, 1.82) is 0 Å². The lowest BCUT2D eigenvalue weighted by molar-refractivity contribution is 0.526. The molecule has 0 atom stereocenters. The van der Waals surface area contributed by atoms with Gasteiger partial charge < -0.3 is 4.57 Å². The summed E-state index contributed by atoms with van der Waals surface area (Å²) in [5, 5.41) is 12.7. The first-order chi connectivity index (χ1) is 11.3. The van der Waals surface area contributed by atoms with Crippen molar-refractivity contribution < 1.29 is 0 Å². The molecule has 0 saturated carbocycles. The van der Waals surface area contributed by atoms with Gasteiger partial charge in [0.15, 0.2) is 0 Å². The van der Waals surface area contributed by atoms with E-state index in [0.29, 0.717) is 0 Å². The molecule has 0 bridgehead atoms. The van der Waals surface area contributed by atoms with Crippen LogP contribution >= 0.6 is 0 Å². The number of fused-ring (bicyclic) bond motifs is 1. The van der Waals surface area contributed by atoms with Crippen LogP contribution in [0.2, 0.25) is 0 Å². The van der Waals surface area contributed by atoms with Gasteiger partial charge in [-0.25, -0.2) is 4.98 Å². The van der Waals surface area contributed by atoms with Crippen molar-refractivity contribution >= 4 is 11.0 Å². The molecule has 0 N–H and O–H groups in total. The first-order valence-corrected chi connectivity index (χ1v) is 7.67. The largest absolute Gasteiger partial charge is 0.329 e. The average Bonchev–Trinajstić information content (AvgIpc) is 3.31. The van der Waals surface area contributed by atoms with Crippen LogP contribution in [0.3, 0.4) is 0 Å². The summed E-state index contributed by atoms with van der Waals surface area (Å²) >= 11 is 0. The minimum atomic E-state index is 0.744. The van der Waals surface area contributed by atoms with Crippen molar-refractivity contribution in [2.45, 2.75) is 26.6 Å². The van der Waals surface area contributed by atoms with E-state index in [4.69, 9.17) is 0 Å². The third-order valence-electron chi connectivity index (χ3n) is 3.91. The van der Waals surface area contributed by atoms with Gasteiger partial charge in [0.2, 0.25) is 0 Å². The van der Waals surface area contributed by atoms with E-state index >= 15 is 0 Å². The first kappa shape index (κ1) is 13.7. The van der Waals surface area contributed by atoms with E-state index in [2.05, 4.69) is 38.0 Å². The van der Waals surface area contributed by atoms with Crippen molar-refractivity contribution in [3.05, 3.63) is 49.1 Å². The zero-order valence-corrected chi connectivity index (χ0v) is 12.9. The number of hydrogen-bond acceptors (Lipinski definition) is 4. The van der Waals surface area contributed by atoms with Gasteiger partial charge in [0.1, 0.15) is 5.69 Å². The number of benzene rings is 1. The van der Waals surface area contributed by atoms with Crippen LogP contribution in [0, 0.1) is 0 Å². The third-order valence-corrected chi connectivity index (χ3v) is 3.91. The Labute approximate surface area is 133 Å². The standard InChI is InChI=1S/C16H17N7/c1-2-23-16(7-8-18-23)14-11-22(20-19-14)10-9-21-12-17-13-5-3-4-6-15(13)21/h3-8,11-12H,2,9-10H2,1H3. The molecule has 0 amide bonds. The van der Waals surface area contributed by atoms with Crippen LogP contribution in [0.25, 0.3) is 22.4 Å². The number of imidazole rings is 1. The molecule has 0 aliphatic heterocycles. The van der Waals surface area contributed by atoms with E-state index in [1.807, 2.05) is 46.2 Å². The Kier molecular flexibility index (Phi) is 3.38. The van der Waals surface area contributed by atoms with Crippen molar-refractivity contribution in [2.75, 3.05) is 0 Å². The van der Waals surface area contributed by atoms with Gasteiger partial charge in [0, 0.05) is 19.3 Å². The van der Waals surface area contributed by atoms with Crippen molar-refractivity contribution in [3.8, 4) is 11.4 Å². The molecule has 0 spiro atoms. The van der Waals surface area contributed by atoms with Gasteiger partial charge in [0.25, 0.3) is 0 Å². The second kappa shape index (κ2) is 5.68. The van der Waals surface area contributed by atoms with E-state index in [9.17, 15) is 0 Å². The number of para-hydroxylation sites is 2. The number of aromatic nitrogens is 7. The van der Waals surface area contributed by atoms with Gasteiger partial charge in [-0.2, -0.15) is 5.10 Å². The topological polar surface area (TPSA) is 66.3 Å². The minimum Gasteiger partial charge on any atom is -0.329 e.